The molecule has 0 spiro atoms. The summed E-state index contributed by atoms with van der Waals surface area (Å²) in [7, 11) is 0. The molecule has 2 N–H and O–H groups in total. The molecule has 1 aliphatic rings. The van der Waals surface area contributed by atoms with Gasteiger partial charge in [-0.2, -0.15) is 0 Å². The number of aromatic hydroxyl groups is 1. The largest absolute Gasteiger partial charge is 0.507 e. The van der Waals surface area contributed by atoms with Crippen LogP contribution in [-0.4, -0.2) is 11.0 Å². The van der Waals surface area contributed by atoms with E-state index in [0.29, 0.717) is 29.9 Å². The fourth-order valence-corrected chi connectivity index (χ4v) is 3.96. The van der Waals surface area contributed by atoms with Gasteiger partial charge in [-0.3, -0.25) is 4.79 Å². The molecule has 0 atom stereocenters. The summed E-state index contributed by atoms with van der Waals surface area (Å²) in [5, 5.41) is 13.3. The first kappa shape index (κ1) is 19.0. The second-order valence-corrected chi connectivity index (χ2v) is 7.32. The average molecular weight is 391 g/mol. The quantitative estimate of drug-likeness (QED) is 0.602. The average Bonchev–Trinajstić information content (AvgIpc) is 3.20. The Morgan fingerprint density at radius 3 is 2.34 bits per heavy atom. The number of phenols is 1. The van der Waals surface area contributed by atoms with Crippen molar-refractivity contribution < 1.29 is 19.0 Å². The van der Waals surface area contributed by atoms with Gasteiger partial charge in [-0.1, -0.05) is 49.2 Å². The minimum Gasteiger partial charge on any atom is -0.507 e. The van der Waals surface area contributed by atoms with Crippen molar-refractivity contribution in [3.05, 3.63) is 89.7 Å². The molecule has 0 bridgehead atoms. The summed E-state index contributed by atoms with van der Waals surface area (Å²) in [6.45, 7) is 0. The number of carbonyl (C=O) groups excluding carboxylic acids is 1. The molecular formula is C24H22FNO3. The molecule has 0 aromatic heterocycles. The zero-order valence-corrected chi connectivity index (χ0v) is 15.9. The zero-order valence-electron chi connectivity index (χ0n) is 15.9. The Balaban J connectivity index is 1.62. The van der Waals surface area contributed by atoms with Crippen LogP contribution in [0.25, 0.3) is 0 Å². The van der Waals surface area contributed by atoms with Gasteiger partial charge < -0.3 is 15.2 Å². The van der Waals surface area contributed by atoms with Crippen LogP contribution >= 0.6 is 0 Å². The maximum absolute atomic E-state index is 14.5. The first-order valence-electron chi connectivity index (χ1n) is 9.71. The molecule has 1 amide bonds. The molecule has 3 aromatic carbocycles. The van der Waals surface area contributed by atoms with Crippen molar-refractivity contribution in [2.24, 2.45) is 0 Å². The van der Waals surface area contributed by atoms with Crippen molar-refractivity contribution in [3.63, 3.8) is 0 Å². The van der Waals surface area contributed by atoms with Gasteiger partial charge in [0.15, 0.2) is 0 Å². The number of hydrogen-bond donors (Lipinski definition) is 2. The van der Waals surface area contributed by atoms with Crippen molar-refractivity contribution in [1.29, 1.82) is 0 Å². The van der Waals surface area contributed by atoms with Crippen LogP contribution < -0.4 is 10.1 Å². The van der Waals surface area contributed by atoms with Gasteiger partial charge in [0.05, 0.1) is 11.1 Å². The Labute approximate surface area is 169 Å². The molecule has 0 saturated heterocycles. The summed E-state index contributed by atoms with van der Waals surface area (Å²) < 4.78 is 20.3. The number of amides is 1. The first-order chi connectivity index (χ1) is 14.1. The number of nitrogens with one attached hydrogen (secondary N) is 1. The lowest BCUT2D eigenvalue weighted by molar-refractivity contribution is 0.0893. The second-order valence-electron chi connectivity index (χ2n) is 7.32. The zero-order chi connectivity index (χ0) is 20.3. The summed E-state index contributed by atoms with van der Waals surface area (Å²) in [6.07, 6.45) is 3.11. The number of para-hydroxylation sites is 1. The molecule has 1 aliphatic carbocycles. The van der Waals surface area contributed by atoms with E-state index in [1.807, 2.05) is 18.2 Å². The van der Waals surface area contributed by atoms with Crippen LogP contribution in [0.15, 0.2) is 72.8 Å². The molecule has 0 unspecified atom stereocenters. The van der Waals surface area contributed by atoms with Gasteiger partial charge in [0.25, 0.3) is 5.91 Å². The Morgan fingerprint density at radius 2 is 1.62 bits per heavy atom. The molecule has 3 aromatic rings. The molecule has 0 heterocycles. The maximum Gasteiger partial charge on any atom is 0.255 e. The van der Waals surface area contributed by atoms with E-state index in [9.17, 15) is 14.3 Å². The minimum atomic E-state index is -0.773. The number of phenolic OH excluding ortho intramolecular Hbond substituents is 1. The highest BCUT2D eigenvalue weighted by molar-refractivity contribution is 5.97. The molecule has 0 aliphatic heterocycles. The van der Waals surface area contributed by atoms with Gasteiger partial charge >= 0.3 is 0 Å². The van der Waals surface area contributed by atoms with E-state index in [4.69, 9.17) is 4.74 Å². The Morgan fingerprint density at radius 1 is 0.931 bits per heavy atom. The number of benzene rings is 3. The Hall–Kier alpha value is -3.34. The summed E-state index contributed by atoms with van der Waals surface area (Å²) in [5.41, 5.74) is -0.186. The molecular weight excluding hydrogens is 369 g/mol. The third-order valence-electron chi connectivity index (χ3n) is 5.39. The van der Waals surface area contributed by atoms with E-state index in [1.54, 1.807) is 36.4 Å². The fraction of sp³-hybridized carbons (Fsp3) is 0.208. The van der Waals surface area contributed by atoms with E-state index in [1.165, 1.54) is 18.2 Å². The Bertz CT molecular complexity index is 1010. The second kappa shape index (κ2) is 7.95. The fourth-order valence-electron chi connectivity index (χ4n) is 3.96. The lowest BCUT2D eigenvalue weighted by Gasteiger charge is -2.31. The molecule has 0 radical (unpaired) electrons. The third kappa shape index (κ3) is 3.94. The molecule has 4 nitrogen and oxygen atoms in total. The third-order valence-corrected chi connectivity index (χ3v) is 5.39. The van der Waals surface area contributed by atoms with Crippen LogP contribution in [0.2, 0.25) is 0 Å². The molecule has 4 rings (SSSR count). The Kier molecular flexibility index (Phi) is 5.21. The van der Waals surface area contributed by atoms with Gasteiger partial charge in [0.1, 0.15) is 23.1 Å². The van der Waals surface area contributed by atoms with Crippen molar-refractivity contribution in [2.75, 3.05) is 0 Å². The predicted octanol–water partition coefficient (Wildman–Crippen LogP) is 5.52. The van der Waals surface area contributed by atoms with E-state index in [-0.39, 0.29) is 17.1 Å². The smallest absolute Gasteiger partial charge is 0.255 e. The highest BCUT2D eigenvalue weighted by Gasteiger charge is 2.39. The summed E-state index contributed by atoms with van der Waals surface area (Å²) in [6, 6.07) is 20.3. The maximum atomic E-state index is 14.5. The monoisotopic (exact) mass is 391 g/mol. The van der Waals surface area contributed by atoms with Gasteiger partial charge in [-0.05, 0) is 49.2 Å². The number of ether oxygens (including phenoxy) is 1. The van der Waals surface area contributed by atoms with Gasteiger partial charge in [-0.25, -0.2) is 4.39 Å². The van der Waals surface area contributed by atoms with Crippen molar-refractivity contribution in [1.82, 2.24) is 5.32 Å². The van der Waals surface area contributed by atoms with Gasteiger partial charge in [0.2, 0.25) is 0 Å². The number of rotatable bonds is 5. The highest BCUT2D eigenvalue weighted by atomic mass is 19.1. The molecule has 1 saturated carbocycles. The number of carbonyl (C=O) groups is 1. The molecule has 148 valence electrons. The lowest BCUT2D eigenvalue weighted by atomic mass is 9.87. The summed E-state index contributed by atoms with van der Waals surface area (Å²) in [5.74, 6) is 0.129. The van der Waals surface area contributed by atoms with Crippen LogP contribution in [0.5, 0.6) is 17.2 Å². The standard InChI is InChI=1S/C24H22FNO3/c25-21-11-5-4-10-20(21)24(14-6-7-15-24)26-23(28)19-16-18(12-13-22(19)27)29-17-8-2-1-3-9-17/h1-5,8-13,16,27H,6-7,14-15H2,(H,26,28). The number of hydrogen-bond acceptors (Lipinski definition) is 3. The SMILES string of the molecule is O=C(NC1(c2ccccc2F)CCCC1)c1cc(Oc2ccccc2)ccc1O. The lowest BCUT2D eigenvalue weighted by Crippen LogP contribution is -2.44. The highest BCUT2D eigenvalue weighted by Crippen LogP contribution is 2.40. The molecule has 5 heteroatoms. The van der Waals surface area contributed by atoms with Crippen LogP contribution in [0, 0.1) is 5.82 Å². The van der Waals surface area contributed by atoms with E-state index in [2.05, 4.69) is 5.32 Å². The van der Waals surface area contributed by atoms with Crippen molar-refractivity contribution in [3.8, 4) is 17.2 Å². The van der Waals surface area contributed by atoms with Gasteiger partial charge in [0, 0.05) is 5.56 Å². The minimum absolute atomic E-state index is 0.0982. The van der Waals surface area contributed by atoms with Crippen LogP contribution in [-0.2, 0) is 5.54 Å². The predicted molar refractivity (Wildman–Crippen MR) is 109 cm³/mol. The van der Waals surface area contributed by atoms with Gasteiger partial charge in [-0.15, -0.1) is 0 Å². The molecule has 29 heavy (non-hydrogen) atoms. The summed E-state index contributed by atoms with van der Waals surface area (Å²) >= 11 is 0. The number of halogens is 1. The van der Waals surface area contributed by atoms with E-state index < -0.39 is 11.4 Å². The van der Waals surface area contributed by atoms with E-state index >= 15 is 0 Å². The van der Waals surface area contributed by atoms with Crippen LogP contribution in [0.3, 0.4) is 0 Å². The van der Waals surface area contributed by atoms with Crippen LogP contribution in [0.1, 0.15) is 41.6 Å². The van der Waals surface area contributed by atoms with Crippen LogP contribution in [0.4, 0.5) is 4.39 Å². The first-order valence-corrected chi connectivity index (χ1v) is 9.71. The van der Waals surface area contributed by atoms with E-state index in [0.717, 1.165) is 12.8 Å². The van der Waals surface area contributed by atoms with Crippen molar-refractivity contribution in [2.45, 2.75) is 31.2 Å². The molecule has 1 fully saturated rings. The normalized spacial score (nSPS) is 15.1. The van der Waals surface area contributed by atoms with Crippen molar-refractivity contribution >= 4 is 5.91 Å². The summed E-state index contributed by atoms with van der Waals surface area (Å²) in [4.78, 5) is 13.1. The topological polar surface area (TPSA) is 58.6 Å².